The summed E-state index contributed by atoms with van der Waals surface area (Å²) in [6.07, 6.45) is 3.93. The highest BCUT2D eigenvalue weighted by molar-refractivity contribution is 5.94. The molecule has 0 atom stereocenters. The number of carbonyl (C=O) groups is 1. The van der Waals surface area contributed by atoms with Gasteiger partial charge in [0.25, 0.3) is 11.6 Å². The van der Waals surface area contributed by atoms with Crippen molar-refractivity contribution in [1.29, 1.82) is 0 Å². The monoisotopic (exact) mass is 278 g/mol. The summed E-state index contributed by atoms with van der Waals surface area (Å²) in [6, 6.07) is 5.64. The highest BCUT2D eigenvalue weighted by Gasteiger charge is 2.33. The number of hydrogen-bond donors (Lipinski definition) is 2. The van der Waals surface area contributed by atoms with Crippen LogP contribution in [0.15, 0.2) is 24.3 Å². The lowest BCUT2D eigenvalue weighted by Crippen LogP contribution is -2.38. The number of carbonyl (C=O) groups excluding carboxylic acids is 1. The number of nitro groups is 1. The number of nitrogens with zero attached hydrogens (tertiary/aromatic N) is 1. The quantitative estimate of drug-likeness (QED) is 0.635. The van der Waals surface area contributed by atoms with E-state index in [0.717, 1.165) is 25.7 Å². The minimum Gasteiger partial charge on any atom is -0.396 e. The van der Waals surface area contributed by atoms with Crippen LogP contribution >= 0.6 is 0 Å². The first-order chi connectivity index (χ1) is 9.56. The number of benzene rings is 1. The van der Waals surface area contributed by atoms with Crippen molar-refractivity contribution in [3.63, 3.8) is 0 Å². The van der Waals surface area contributed by atoms with Crippen molar-refractivity contribution < 1.29 is 14.8 Å². The number of aliphatic hydroxyl groups is 1. The fourth-order valence-corrected chi connectivity index (χ4v) is 2.65. The smallest absolute Gasteiger partial charge is 0.270 e. The zero-order chi connectivity index (χ0) is 14.6. The maximum absolute atomic E-state index is 12.0. The fraction of sp³-hybridized carbons (Fsp3) is 0.500. The van der Waals surface area contributed by atoms with E-state index in [1.54, 1.807) is 6.07 Å². The van der Waals surface area contributed by atoms with Crippen LogP contribution in [0.1, 0.15) is 36.0 Å². The number of nitro benzene ring substituents is 1. The Morgan fingerprint density at radius 2 is 2.10 bits per heavy atom. The third kappa shape index (κ3) is 3.14. The van der Waals surface area contributed by atoms with Crippen molar-refractivity contribution in [2.45, 2.75) is 25.7 Å². The van der Waals surface area contributed by atoms with Gasteiger partial charge in [-0.3, -0.25) is 14.9 Å². The summed E-state index contributed by atoms with van der Waals surface area (Å²) in [5.41, 5.74) is -0.0585. The number of hydrogen-bond acceptors (Lipinski definition) is 4. The van der Waals surface area contributed by atoms with Crippen molar-refractivity contribution in [2.75, 3.05) is 13.2 Å². The van der Waals surface area contributed by atoms with E-state index >= 15 is 0 Å². The molecule has 0 saturated heterocycles. The number of non-ortho nitro benzene ring substituents is 1. The van der Waals surface area contributed by atoms with Crippen LogP contribution in [-0.4, -0.2) is 29.1 Å². The Labute approximate surface area is 117 Å². The first-order valence-electron chi connectivity index (χ1n) is 6.70. The molecule has 1 aromatic carbocycles. The van der Waals surface area contributed by atoms with E-state index in [1.807, 2.05) is 0 Å². The molecule has 2 rings (SSSR count). The van der Waals surface area contributed by atoms with Gasteiger partial charge in [-0.15, -0.1) is 0 Å². The van der Waals surface area contributed by atoms with Crippen molar-refractivity contribution in [2.24, 2.45) is 5.41 Å². The number of rotatable bonds is 5. The van der Waals surface area contributed by atoms with E-state index in [1.165, 1.54) is 18.2 Å². The number of nitrogens with one attached hydrogen (secondary N) is 1. The maximum atomic E-state index is 12.0. The largest absolute Gasteiger partial charge is 0.396 e. The number of amides is 1. The molecule has 1 aromatic rings. The van der Waals surface area contributed by atoms with Gasteiger partial charge in [0.2, 0.25) is 0 Å². The van der Waals surface area contributed by atoms with Crippen molar-refractivity contribution in [3.8, 4) is 0 Å². The van der Waals surface area contributed by atoms with Gasteiger partial charge in [0, 0.05) is 29.7 Å². The summed E-state index contributed by atoms with van der Waals surface area (Å²) in [5, 5.41) is 22.9. The molecule has 1 fully saturated rings. The van der Waals surface area contributed by atoms with Crippen molar-refractivity contribution in [3.05, 3.63) is 39.9 Å². The molecule has 0 bridgehead atoms. The predicted octanol–water partition coefficient (Wildman–Crippen LogP) is 1.88. The Hall–Kier alpha value is -1.95. The average molecular weight is 278 g/mol. The van der Waals surface area contributed by atoms with Crippen LogP contribution < -0.4 is 5.32 Å². The average Bonchev–Trinajstić information content (AvgIpc) is 2.94. The molecule has 0 spiro atoms. The second kappa shape index (κ2) is 6.00. The lowest BCUT2D eigenvalue weighted by Gasteiger charge is -2.26. The normalized spacial score (nSPS) is 16.9. The van der Waals surface area contributed by atoms with E-state index in [4.69, 9.17) is 0 Å². The minimum atomic E-state index is -0.525. The highest BCUT2D eigenvalue weighted by Crippen LogP contribution is 2.36. The predicted molar refractivity (Wildman–Crippen MR) is 73.4 cm³/mol. The molecule has 0 heterocycles. The summed E-state index contributed by atoms with van der Waals surface area (Å²) in [4.78, 5) is 22.2. The van der Waals surface area contributed by atoms with Crippen LogP contribution in [0.3, 0.4) is 0 Å². The summed E-state index contributed by atoms with van der Waals surface area (Å²) >= 11 is 0. The molecule has 1 saturated carbocycles. The molecule has 0 aromatic heterocycles. The van der Waals surface area contributed by atoms with Gasteiger partial charge in [-0.05, 0) is 18.9 Å². The summed E-state index contributed by atoms with van der Waals surface area (Å²) in [7, 11) is 0. The van der Waals surface area contributed by atoms with Crippen LogP contribution in [0, 0.1) is 15.5 Å². The van der Waals surface area contributed by atoms with Gasteiger partial charge in [-0.25, -0.2) is 0 Å². The van der Waals surface area contributed by atoms with Crippen LogP contribution in [-0.2, 0) is 0 Å². The Morgan fingerprint density at radius 3 is 2.70 bits per heavy atom. The van der Waals surface area contributed by atoms with Gasteiger partial charge >= 0.3 is 0 Å². The van der Waals surface area contributed by atoms with Crippen LogP contribution in [0.5, 0.6) is 0 Å². The van der Waals surface area contributed by atoms with Gasteiger partial charge in [0.15, 0.2) is 0 Å². The molecule has 0 unspecified atom stereocenters. The molecule has 1 aliphatic carbocycles. The topological polar surface area (TPSA) is 92.5 Å². The van der Waals surface area contributed by atoms with Gasteiger partial charge in [0.1, 0.15) is 0 Å². The SMILES string of the molecule is O=C(NCC1(CO)CCCC1)c1cccc([N+](=O)[O-])c1. The lowest BCUT2D eigenvalue weighted by molar-refractivity contribution is -0.384. The molecule has 0 aliphatic heterocycles. The second-order valence-corrected chi connectivity index (χ2v) is 5.36. The zero-order valence-electron chi connectivity index (χ0n) is 11.2. The first-order valence-corrected chi connectivity index (χ1v) is 6.70. The summed E-state index contributed by atoms with van der Waals surface area (Å²) in [5.74, 6) is -0.339. The van der Waals surface area contributed by atoms with E-state index < -0.39 is 4.92 Å². The van der Waals surface area contributed by atoms with Gasteiger partial charge < -0.3 is 10.4 Å². The van der Waals surface area contributed by atoms with Gasteiger partial charge in [-0.1, -0.05) is 18.9 Å². The molecule has 6 heteroatoms. The van der Waals surface area contributed by atoms with Crippen molar-refractivity contribution in [1.82, 2.24) is 5.32 Å². The Bertz CT molecular complexity index is 510. The van der Waals surface area contributed by atoms with E-state index in [9.17, 15) is 20.0 Å². The molecule has 2 N–H and O–H groups in total. The van der Waals surface area contributed by atoms with Crippen LogP contribution in [0.25, 0.3) is 0 Å². The Kier molecular flexibility index (Phi) is 4.34. The first kappa shape index (κ1) is 14.5. The summed E-state index contributed by atoms with van der Waals surface area (Å²) < 4.78 is 0. The second-order valence-electron chi connectivity index (χ2n) is 5.36. The van der Waals surface area contributed by atoms with Crippen molar-refractivity contribution >= 4 is 11.6 Å². The molecule has 1 aliphatic rings. The van der Waals surface area contributed by atoms with E-state index in [0.29, 0.717) is 6.54 Å². The molecular formula is C14H18N2O4. The fourth-order valence-electron chi connectivity index (χ4n) is 2.65. The third-order valence-electron chi connectivity index (χ3n) is 3.94. The molecule has 1 amide bonds. The highest BCUT2D eigenvalue weighted by atomic mass is 16.6. The lowest BCUT2D eigenvalue weighted by atomic mass is 9.87. The molecule has 6 nitrogen and oxygen atoms in total. The molecule has 108 valence electrons. The van der Waals surface area contributed by atoms with E-state index in [-0.39, 0.29) is 29.2 Å². The maximum Gasteiger partial charge on any atom is 0.270 e. The Balaban J connectivity index is 2.01. The molecule has 20 heavy (non-hydrogen) atoms. The van der Waals surface area contributed by atoms with Crippen LogP contribution in [0.4, 0.5) is 5.69 Å². The zero-order valence-corrected chi connectivity index (χ0v) is 11.2. The molecular weight excluding hydrogens is 260 g/mol. The van der Waals surface area contributed by atoms with E-state index in [2.05, 4.69) is 5.32 Å². The molecule has 0 radical (unpaired) electrons. The van der Waals surface area contributed by atoms with Gasteiger partial charge in [0.05, 0.1) is 11.5 Å². The summed E-state index contributed by atoms with van der Waals surface area (Å²) in [6.45, 7) is 0.466. The standard InChI is InChI=1S/C14H18N2O4/c17-10-14(6-1-2-7-14)9-15-13(18)11-4-3-5-12(8-11)16(19)20/h3-5,8,17H,1-2,6-7,9-10H2,(H,15,18). The van der Waals surface area contributed by atoms with Crippen LogP contribution in [0.2, 0.25) is 0 Å². The van der Waals surface area contributed by atoms with Gasteiger partial charge in [-0.2, -0.15) is 0 Å². The Morgan fingerprint density at radius 1 is 1.40 bits per heavy atom. The minimum absolute atomic E-state index is 0.0578. The third-order valence-corrected chi connectivity index (χ3v) is 3.94. The number of aliphatic hydroxyl groups excluding tert-OH is 1.